The Hall–Kier alpha value is 0.333. The van der Waals surface area contributed by atoms with Crippen LogP contribution in [0, 0.1) is 0 Å². The molecule has 0 rings (SSSR count). The van der Waals surface area contributed by atoms with E-state index in [1.807, 2.05) is 0 Å². The molecule has 0 amide bonds. The average Bonchev–Trinajstić information content (AvgIpc) is 1.12. The van der Waals surface area contributed by atoms with Crippen molar-refractivity contribution >= 4 is 10.4 Å². The van der Waals surface area contributed by atoms with Gasteiger partial charge in [0, 0.05) is 0 Å². The van der Waals surface area contributed by atoms with Gasteiger partial charge in [-0.1, -0.05) is 0 Å². The topological polar surface area (TPSA) is 179 Å². The van der Waals surface area contributed by atoms with Crippen molar-refractivity contribution in [3.05, 3.63) is 0 Å². The Balaban J connectivity index is 0. The van der Waals surface area contributed by atoms with E-state index in [1.165, 1.54) is 0 Å². The van der Waals surface area contributed by atoms with Crippen molar-refractivity contribution in [3.8, 4) is 0 Å². The van der Waals surface area contributed by atoms with Gasteiger partial charge in [-0.05, 0) is 0 Å². The van der Waals surface area contributed by atoms with Crippen LogP contribution in [0.2, 0.25) is 0 Å². The predicted octanol–water partition coefficient (Wildman–Crippen LogP) is -3.02. The van der Waals surface area contributed by atoms with E-state index in [-0.39, 0.29) is 0 Å². The quantitative estimate of drug-likeness (QED) is 0.187. The molecule has 0 radical (unpaired) electrons. The van der Waals surface area contributed by atoms with Crippen LogP contribution < -0.4 is 17.9 Å². The van der Waals surface area contributed by atoms with Crippen LogP contribution in [0.25, 0.3) is 0 Å². The predicted molar refractivity (Wildman–Crippen MR) is 30.9 cm³/mol. The number of rotatable bonds is 0. The second-order valence-electron chi connectivity index (χ2n) is 1.86. The van der Waals surface area contributed by atoms with Crippen LogP contribution in [-0.4, -0.2) is 17.5 Å². The molecule has 0 saturated carbocycles. The monoisotopic (exact) mass is 226 g/mol. The van der Waals surface area contributed by atoms with Crippen molar-refractivity contribution < 1.29 is 33.3 Å². The van der Waals surface area contributed by atoms with Crippen molar-refractivity contribution in [1.29, 1.82) is 0 Å². The van der Waals surface area contributed by atoms with Crippen molar-refractivity contribution in [2.75, 3.05) is 0 Å². The summed E-state index contributed by atoms with van der Waals surface area (Å²) in [5, 5.41) is 0. The van der Waals surface area contributed by atoms with Gasteiger partial charge in [0.15, 0.2) is 0 Å². The molecule has 0 heterocycles. The summed E-state index contributed by atoms with van der Waals surface area (Å²) in [4.78, 5) is 0. The molecule has 0 fully saturated rings. The van der Waals surface area contributed by atoms with Crippen molar-refractivity contribution in [2.24, 2.45) is 17.9 Å². The van der Waals surface area contributed by atoms with E-state index in [9.17, 15) is 0 Å². The first kappa shape index (κ1) is 13.0. The van der Waals surface area contributed by atoms with Crippen LogP contribution in [0.5, 0.6) is 0 Å². The van der Waals surface area contributed by atoms with Gasteiger partial charge in [-0.25, -0.2) is 0 Å². The zero-order valence-electron chi connectivity index (χ0n) is 5.14. The Kier molecular flexibility index (Phi) is 5.52. The third-order valence-electron chi connectivity index (χ3n) is 0. The van der Waals surface area contributed by atoms with Gasteiger partial charge in [0.05, 0.1) is 0 Å². The summed E-state index contributed by atoms with van der Waals surface area (Å²) in [5.41, 5.74) is 0. The Bertz CT molecular complexity index is 152. The SMILES string of the molecule is O=S(=O)(O)O.[NH2][Zn]([NH2])([NH2])[NH2]. The second kappa shape index (κ2) is 4.26. The molecule has 0 unspecified atom stereocenters. The molecular weight excluding hydrogens is 217 g/mol. The summed E-state index contributed by atoms with van der Waals surface area (Å²) >= 11 is -3.25. The molecule has 62 valence electrons. The van der Waals surface area contributed by atoms with Crippen LogP contribution in [0.1, 0.15) is 0 Å². The summed E-state index contributed by atoms with van der Waals surface area (Å²) < 4.78 is 51.2. The fourth-order valence-corrected chi connectivity index (χ4v) is 0. The molecule has 0 aromatic carbocycles. The number of hydrogen-bond donors (Lipinski definition) is 6. The molecule has 10 N–H and O–H groups in total. The maximum absolute atomic E-state index is 8.74. The molecule has 0 aliphatic rings. The van der Waals surface area contributed by atoms with Gasteiger partial charge in [0.25, 0.3) is 0 Å². The molecule has 0 atom stereocenters. The molecule has 0 aromatic heterocycles. The molecule has 0 bridgehead atoms. The Morgan fingerprint density at radius 3 is 1.00 bits per heavy atom. The first-order valence-corrected chi connectivity index (χ1v) is 10.6. The molecule has 0 aliphatic carbocycles. The Morgan fingerprint density at radius 1 is 1.00 bits per heavy atom. The summed E-state index contributed by atoms with van der Waals surface area (Å²) in [6.45, 7) is 0. The van der Waals surface area contributed by atoms with Gasteiger partial charge in [0.2, 0.25) is 0 Å². The number of hydrogen-bond acceptors (Lipinski definition) is 6. The molecule has 10 heteroatoms. The van der Waals surface area contributed by atoms with Gasteiger partial charge >= 0.3 is 44.0 Å². The molecule has 10 heavy (non-hydrogen) atoms. The summed E-state index contributed by atoms with van der Waals surface area (Å²) in [5.74, 6) is 0. The van der Waals surface area contributed by atoms with E-state index in [0.717, 1.165) is 0 Å². The van der Waals surface area contributed by atoms with Crippen LogP contribution in [0.4, 0.5) is 0 Å². The van der Waals surface area contributed by atoms with E-state index in [0.29, 0.717) is 0 Å². The molecule has 0 aromatic rings. The molecule has 0 spiro atoms. The third kappa shape index (κ3) is 4030. The van der Waals surface area contributed by atoms with E-state index >= 15 is 0 Å². The van der Waals surface area contributed by atoms with Gasteiger partial charge in [-0.3, -0.25) is 9.11 Å². The fraction of sp³-hybridized carbons (Fsp3) is 0. The standard InChI is InChI=1S/4H2N.H2O4S.Zn/c;;;;1-5(2,3)4;/h4*1H2;(H2,1,2,3,4);/q4*-1;;+4. The summed E-state index contributed by atoms with van der Waals surface area (Å²) in [6, 6.07) is 0. The molecule has 0 saturated heterocycles. The molecule has 0 aliphatic heterocycles. The van der Waals surface area contributed by atoms with Crippen LogP contribution in [0.3, 0.4) is 0 Å². The number of nitrogens with two attached hydrogens (primary N) is 4. The van der Waals surface area contributed by atoms with Crippen molar-refractivity contribution in [1.82, 2.24) is 0 Å². The Morgan fingerprint density at radius 2 is 1.00 bits per heavy atom. The molecular formula is H10N4O4SZn. The first-order valence-electron chi connectivity index (χ1n) is 2.33. The van der Waals surface area contributed by atoms with Gasteiger partial charge in [-0.15, -0.1) is 0 Å². The summed E-state index contributed by atoms with van der Waals surface area (Å²) in [7, 11) is -4.67. The van der Waals surface area contributed by atoms with E-state index < -0.39 is 26.1 Å². The van der Waals surface area contributed by atoms with Crippen molar-refractivity contribution in [3.63, 3.8) is 0 Å². The van der Waals surface area contributed by atoms with Gasteiger partial charge in [0.1, 0.15) is 0 Å². The maximum atomic E-state index is 8.74. The normalized spacial score (nSPS) is 10.2. The van der Waals surface area contributed by atoms with E-state index in [1.54, 1.807) is 0 Å². The van der Waals surface area contributed by atoms with Crippen LogP contribution >= 0.6 is 0 Å². The second-order valence-corrected chi connectivity index (χ2v) is 8.69. The van der Waals surface area contributed by atoms with Gasteiger partial charge < -0.3 is 0 Å². The zero-order valence-corrected chi connectivity index (χ0v) is 8.92. The third-order valence-corrected chi connectivity index (χ3v) is 0. The van der Waals surface area contributed by atoms with Crippen LogP contribution in [-0.2, 0) is 26.1 Å². The first-order chi connectivity index (χ1) is 4.00. The van der Waals surface area contributed by atoms with E-state index in [4.69, 9.17) is 35.4 Å². The fourth-order valence-electron chi connectivity index (χ4n) is 0. The van der Waals surface area contributed by atoms with Gasteiger partial charge in [-0.2, -0.15) is 8.42 Å². The molecule has 8 nitrogen and oxygen atoms in total. The van der Waals surface area contributed by atoms with Crippen LogP contribution in [0.15, 0.2) is 0 Å². The minimum absolute atomic E-state index is 3.25. The minimum atomic E-state index is -4.67. The summed E-state index contributed by atoms with van der Waals surface area (Å²) in [6.07, 6.45) is 0. The average molecular weight is 228 g/mol. The zero-order chi connectivity index (χ0) is 9.00. The van der Waals surface area contributed by atoms with Crippen molar-refractivity contribution in [2.45, 2.75) is 0 Å². The Labute approximate surface area is 62.0 Å². The van der Waals surface area contributed by atoms with E-state index in [2.05, 4.69) is 0 Å².